The third-order valence-corrected chi connectivity index (χ3v) is 3.15. The Hall–Kier alpha value is -3.82. The molecule has 0 bridgehead atoms. The first-order chi connectivity index (χ1) is 10.6. The van der Waals surface area contributed by atoms with Gasteiger partial charge in [-0.05, 0) is 35.4 Å². The predicted molar refractivity (Wildman–Crippen MR) is 84.8 cm³/mol. The van der Waals surface area contributed by atoms with Gasteiger partial charge in [-0.15, -0.1) is 0 Å². The van der Waals surface area contributed by atoms with Gasteiger partial charge in [-0.2, -0.15) is 0 Å². The molecule has 0 saturated carbocycles. The van der Waals surface area contributed by atoms with E-state index in [0.29, 0.717) is 17.2 Å². The maximum atomic E-state index is 9.49. The molecule has 6 heteroatoms. The summed E-state index contributed by atoms with van der Waals surface area (Å²) in [4.78, 5) is 0. The molecule has 0 saturated heterocycles. The van der Waals surface area contributed by atoms with Crippen LogP contribution in [-0.2, 0) is 0 Å². The molecule has 118 valence electrons. The second kappa shape index (κ2) is 7.26. The molecule has 0 fully saturated rings. The molecule has 0 heterocycles. The molecule has 0 radical (unpaired) electrons. The fourth-order valence-electron chi connectivity index (χ4n) is 2.03. The van der Waals surface area contributed by atoms with E-state index in [1.807, 2.05) is 18.2 Å². The van der Waals surface area contributed by atoms with Crippen molar-refractivity contribution in [3.05, 3.63) is 41.5 Å². The van der Waals surface area contributed by atoms with Crippen molar-refractivity contribution >= 4 is 12.2 Å². The number of benzene rings is 2. The summed E-state index contributed by atoms with van der Waals surface area (Å²) in [6.45, 7) is 0. The van der Waals surface area contributed by atoms with Crippen LogP contribution < -0.4 is 14.2 Å². The van der Waals surface area contributed by atoms with Crippen molar-refractivity contribution < 1.29 is 24.4 Å². The molecule has 2 rings (SSSR count). The van der Waals surface area contributed by atoms with E-state index < -0.39 is 0 Å². The van der Waals surface area contributed by atoms with Crippen molar-refractivity contribution in [3.8, 4) is 28.7 Å². The Balaban J connectivity index is 0.00000264. The SMILES string of the molecule is COc1cc(/C=C\c2ccc(O)c(O)c2)cc(OC)c1OC.[Rf]. The van der Waals surface area contributed by atoms with Gasteiger partial charge in [0, 0.05) is 0 Å². The Morgan fingerprint density at radius 2 is 1.30 bits per heavy atom. The van der Waals surface area contributed by atoms with Crippen molar-refractivity contribution in [2.45, 2.75) is 0 Å². The summed E-state index contributed by atoms with van der Waals surface area (Å²) >= 11 is 0. The molecule has 0 amide bonds. The molecule has 2 N–H and O–H groups in total. The van der Waals surface area contributed by atoms with E-state index in [2.05, 4.69) is 0 Å². The topological polar surface area (TPSA) is 68.2 Å². The normalized spacial score (nSPS) is 10.2. The molecule has 2 aromatic rings. The molecule has 5 nitrogen and oxygen atoms in total. The third kappa shape index (κ3) is 3.64. The summed E-state index contributed by atoms with van der Waals surface area (Å²) in [5.41, 5.74) is 1.60. The van der Waals surface area contributed by atoms with Crippen LogP contribution in [0.2, 0.25) is 0 Å². The molecule has 23 heavy (non-hydrogen) atoms. The Labute approximate surface area is 129 Å². The summed E-state index contributed by atoms with van der Waals surface area (Å²) in [5.74, 6) is 1.35. The molecule has 0 unspecified atom stereocenters. The number of hydrogen-bond acceptors (Lipinski definition) is 5. The number of ether oxygens (including phenoxy) is 3. The average molecular weight is 569 g/mol. The summed E-state index contributed by atoms with van der Waals surface area (Å²) in [6, 6.07) is 8.24. The predicted octanol–water partition coefficient (Wildman–Crippen LogP) is 3.29. The maximum Gasteiger partial charge on any atom is 0.203 e. The minimum atomic E-state index is -0.160. The van der Waals surface area contributed by atoms with E-state index in [0.717, 1.165) is 11.1 Å². The Morgan fingerprint density at radius 1 is 0.739 bits per heavy atom. The van der Waals surface area contributed by atoms with E-state index in [1.165, 1.54) is 12.1 Å². The molecule has 0 aromatic heterocycles. The van der Waals surface area contributed by atoms with E-state index >= 15 is 0 Å². The first kappa shape index (κ1) is 17.2. The fourth-order valence-corrected chi connectivity index (χ4v) is 2.03. The number of rotatable bonds is 5. The zero-order chi connectivity index (χ0) is 16.1. The molecule has 0 aliphatic rings. The minimum Gasteiger partial charge on any atom is -0.504 e. The van der Waals surface area contributed by atoms with Crippen LogP contribution in [0.4, 0.5) is 0 Å². The molecule has 0 spiro atoms. The monoisotopic (exact) mass is 569 g/mol. The van der Waals surface area contributed by atoms with Crippen molar-refractivity contribution in [1.82, 2.24) is 0 Å². The van der Waals surface area contributed by atoms with Gasteiger partial charge in [0.2, 0.25) is 5.75 Å². The van der Waals surface area contributed by atoms with Gasteiger partial charge in [-0.3, -0.25) is 0 Å². The van der Waals surface area contributed by atoms with Crippen LogP contribution in [0.15, 0.2) is 30.3 Å². The Bertz CT molecular complexity index is 672. The minimum absolute atomic E-state index is 0. The number of aromatic hydroxyl groups is 2. The average Bonchev–Trinajstić information content (AvgIpc) is 2.54. The third-order valence-electron chi connectivity index (χ3n) is 3.15. The number of phenolic OH excluding ortho intramolecular Hbond substituents is 2. The fraction of sp³-hybridized carbons (Fsp3) is 0.176. The summed E-state index contributed by atoms with van der Waals surface area (Å²) in [5, 5.41) is 18.8. The van der Waals surface area contributed by atoms with Crippen molar-refractivity contribution in [1.29, 1.82) is 0 Å². The van der Waals surface area contributed by atoms with Gasteiger partial charge in [-0.25, -0.2) is 0 Å². The van der Waals surface area contributed by atoms with Crippen LogP contribution in [0.3, 0.4) is 0 Å². The maximum absolute atomic E-state index is 9.49. The summed E-state index contributed by atoms with van der Waals surface area (Å²) in [6.07, 6.45) is 3.65. The van der Waals surface area contributed by atoms with Gasteiger partial charge in [0.05, 0.1) is 21.3 Å². The molecule has 2 aromatic carbocycles. The first-order valence-corrected chi connectivity index (χ1v) is 6.59. The van der Waals surface area contributed by atoms with Gasteiger partial charge in [0.25, 0.3) is 0 Å². The van der Waals surface area contributed by atoms with Gasteiger partial charge in [0.1, 0.15) is 0 Å². The Kier molecular flexibility index (Phi) is 5.44. The molecular weight excluding hydrogens is 551 g/mol. The summed E-state index contributed by atoms with van der Waals surface area (Å²) < 4.78 is 15.9. The molecular formula is C17H18O5Rf. The largest absolute Gasteiger partial charge is 0.504 e. The summed E-state index contributed by atoms with van der Waals surface area (Å²) in [7, 11) is 4.67. The standard InChI is InChI=1S/C17H18O5.Rf/c1-20-15-9-12(10-16(21-2)17(15)22-3)5-4-11-6-7-13(18)14(19)8-11;/h4-10,18-19H,1-3H3;/b5-4-;. The van der Waals surface area contributed by atoms with Crippen LogP contribution in [0.1, 0.15) is 11.1 Å². The number of methoxy groups -OCH3 is 3. The van der Waals surface area contributed by atoms with Gasteiger partial charge < -0.3 is 24.4 Å². The van der Waals surface area contributed by atoms with E-state index in [-0.39, 0.29) is 11.5 Å². The van der Waals surface area contributed by atoms with E-state index in [1.54, 1.807) is 33.5 Å². The van der Waals surface area contributed by atoms with Gasteiger partial charge in [0.15, 0.2) is 23.0 Å². The van der Waals surface area contributed by atoms with Crippen molar-refractivity contribution in [2.75, 3.05) is 21.3 Å². The van der Waals surface area contributed by atoms with Gasteiger partial charge >= 0.3 is 0 Å². The first-order valence-electron chi connectivity index (χ1n) is 6.59. The van der Waals surface area contributed by atoms with Crippen molar-refractivity contribution in [2.24, 2.45) is 0 Å². The van der Waals surface area contributed by atoms with Crippen LogP contribution >= 0.6 is 0 Å². The van der Waals surface area contributed by atoms with Crippen LogP contribution in [0.25, 0.3) is 12.2 Å². The molecule has 0 aliphatic carbocycles. The second-order valence-electron chi connectivity index (χ2n) is 4.54. The number of phenols is 2. The zero-order valence-electron chi connectivity index (χ0n) is 13.4. The van der Waals surface area contributed by atoms with Crippen LogP contribution in [-0.4, -0.2) is 31.5 Å². The van der Waals surface area contributed by atoms with Crippen molar-refractivity contribution in [3.63, 3.8) is 0 Å². The zero-order valence-corrected chi connectivity index (χ0v) is 19.8. The van der Waals surface area contributed by atoms with E-state index in [4.69, 9.17) is 14.2 Å². The second-order valence-corrected chi connectivity index (χ2v) is 4.54. The van der Waals surface area contributed by atoms with E-state index in [9.17, 15) is 10.2 Å². The van der Waals surface area contributed by atoms with Crippen LogP contribution in [0.5, 0.6) is 28.7 Å². The molecule has 0 atom stereocenters. The quantitative estimate of drug-likeness (QED) is 0.428. The number of hydrogen-bond donors (Lipinski definition) is 2. The Morgan fingerprint density at radius 3 is 1.78 bits per heavy atom. The van der Waals surface area contributed by atoms with Gasteiger partial charge in [-0.1, -0.05) is 18.2 Å². The molecule has 0 aliphatic heterocycles. The smallest absolute Gasteiger partial charge is 0.203 e. The van der Waals surface area contributed by atoms with Crippen LogP contribution in [0, 0.1) is 0 Å².